The van der Waals surface area contributed by atoms with Crippen molar-refractivity contribution < 1.29 is 38.3 Å². The zero-order valence-electron chi connectivity index (χ0n) is 27.4. The van der Waals surface area contributed by atoms with Gasteiger partial charge in [0.25, 0.3) is 0 Å². The summed E-state index contributed by atoms with van der Waals surface area (Å²) >= 11 is 0. The fourth-order valence-corrected chi connectivity index (χ4v) is 10.2. The third kappa shape index (κ3) is 4.18. The number of piperidine rings is 1. The van der Waals surface area contributed by atoms with Crippen LogP contribution in [-0.2, 0) is 30.8 Å². The molecule has 1 aromatic carbocycles. The number of benzene rings is 1. The SMILES string of the molecule is COCCOCCOC(=O)Oc1ccc2c3c1O[C@H]1[C@]4(OC)CC[C@@]5(C[C@@H]4[C@](C)(O)C(C)(C)C)[C@@H](C2)N(CC2CC2)CC[C@]315. The molecule has 2 heterocycles. The molecule has 2 spiro atoms. The first-order valence-corrected chi connectivity index (χ1v) is 16.7. The molecular weight excluding hydrogens is 562 g/mol. The summed E-state index contributed by atoms with van der Waals surface area (Å²) in [7, 11) is 3.42. The van der Waals surface area contributed by atoms with E-state index < -0.39 is 17.4 Å². The molecule has 0 unspecified atom stereocenters. The number of hydrogen-bond acceptors (Lipinski definition) is 9. The Morgan fingerprint density at radius 1 is 1.07 bits per heavy atom. The lowest BCUT2D eigenvalue weighted by molar-refractivity contribution is -0.312. The summed E-state index contributed by atoms with van der Waals surface area (Å²) < 4.78 is 35.4. The molecule has 9 heteroatoms. The molecule has 1 saturated heterocycles. The monoisotopic (exact) mass is 613 g/mol. The average molecular weight is 614 g/mol. The first kappa shape index (κ1) is 30.7. The van der Waals surface area contributed by atoms with Crippen LogP contribution in [0.4, 0.5) is 4.79 Å². The van der Waals surface area contributed by atoms with E-state index in [9.17, 15) is 9.90 Å². The molecule has 0 amide bonds. The van der Waals surface area contributed by atoms with Gasteiger partial charge in [0.1, 0.15) is 18.3 Å². The Labute approximate surface area is 261 Å². The summed E-state index contributed by atoms with van der Waals surface area (Å²) in [5, 5.41) is 12.4. The van der Waals surface area contributed by atoms with Crippen LogP contribution in [0.3, 0.4) is 0 Å². The smallest absolute Gasteiger partial charge is 0.482 e. The number of hydrogen-bond donors (Lipinski definition) is 1. The van der Waals surface area contributed by atoms with Gasteiger partial charge in [-0.1, -0.05) is 26.8 Å². The Hall–Kier alpha value is -1.91. The molecule has 2 aliphatic heterocycles. The van der Waals surface area contributed by atoms with E-state index in [1.165, 1.54) is 24.0 Å². The van der Waals surface area contributed by atoms with Crippen LogP contribution in [0.5, 0.6) is 11.5 Å². The molecule has 9 nitrogen and oxygen atoms in total. The third-order valence-electron chi connectivity index (χ3n) is 12.9. The number of aliphatic hydroxyl groups is 1. The number of carbonyl (C=O) groups is 1. The van der Waals surface area contributed by atoms with Crippen molar-refractivity contribution >= 4 is 6.16 Å². The second-order valence-corrected chi connectivity index (χ2v) is 15.6. The molecule has 44 heavy (non-hydrogen) atoms. The van der Waals surface area contributed by atoms with Crippen LogP contribution >= 0.6 is 0 Å². The second-order valence-electron chi connectivity index (χ2n) is 15.6. The minimum absolute atomic E-state index is 0.0675. The fraction of sp³-hybridized carbons (Fsp3) is 0.800. The highest BCUT2D eigenvalue weighted by atomic mass is 16.7. The standard InChI is InChI=1S/C35H51NO8/c1-31(2,3)32(4,38)25-20-33-11-12-35(25,40-6)29-34(33)13-14-36(21-22-7-8-22)26(33)19-23-9-10-24(28(44-29)27(23)34)43-30(37)42-18-17-41-16-15-39-5/h9-10,22,25-26,29,38H,7-8,11-21H2,1-6H3/t25-,26-,29-,32+,33-,34+,35+/m1/s1. The first-order valence-electron chi connectivity index (χ1n) is 16.7. The molecule has 5 fully saturated rings. The van der Waals surface area contributed by atoms with Crippen molar-refractivity contribution in [1.29, 1.82) is 0 Å². The Bertz CT molecular complexity index is 1290. The molecule has 7 atom stereocenters. The van der Waals surface area contributed by atoms with E-state index in [1.807, 2.05) is 13.0 Å². The Morgan fingerprint density at radius 3 is 2.55 bits per heavy atom. The van der Waals surface area contributed by atoms with Crippen LogP contribution in [-0.4, -0.2) is 93.2 Å². The van der Waals surface area contributed by atoms with Crippen molar-refractivity contribution in [2.75, 3.05) is 53.7 Å². The fourth-order valence-electron chi connectivity index (χ4n) is 10.2. The molecular formula is C35H51NO8. The zero-order chi connectivity index (χ0) is 31.1. The third-order valence-corrected chi connectivity index (χ3v) is 12.9. The van der Waals surface area contributed by atoms with Crippen LogP contribution in [0.2, 0.25) is 0 Å². The quantitative estimate of drug-likeness (QED) is 0.213. The largest absolute Gasteiger partial charge is 0.514 e. The molecule has 244 valence electrons. The lowest BCUT2D eigenvalue weighted by atomic mass is 9.33. The maximum absolute atomic E-state index is 12.9. The van der Waals surface area contributed by atoms with Crippen molar-refractivity contribution in [3.8, 4) is 11.5 Å². The van der Waals surface area contributed by atoms with E-state index in [0.717, 1.165) is 51.1 Å². The number of fused-ring (bicyclic) bond motifs is 2. The van der Waals surface area contributed by atoms with Crippen LogP contribution in [0.15, 0.2) is 12.1 Å². The van der Waals surface area contributed by atoms with Crippen molar-refractivity contribution in [1.82, 2.24) is 4.90 Å². The number of nitrogens with zero attached hydrogens (tertiary/aromatic N) is 1. The molecule has 1 N–H and O–H groups in total. The van der Waals surface area contributed by atoms with Gasteiger partial charge < -0.3 is 33.5 Å². The molecule has 0 radical (unpaired) electrons. The summed E-state index contributed by atoms with van der Waals surface area (Å²) in [4.78, 5) is 15.6. The van der Waals surface area contributed by atoms with Crippen LogP contribution in [0.1, 0.15) is 77.3 Å². The van der Waals surface area contributed by atoms with Crippen molar-refractivity contribution in [3.05, 3.63) is 23.3 Å². The van der Waals surface area contributed by atoms with Gasteiger partial charge in [0, 0.05) is 49.1 Å². The lowest BCUT2D eigenvalue weighted by Crippen LogP contribution is -2.83. The molecule has 1 aromatic rings. The summed E-state index contributed by atoms with van der Waals surface area (Å²) in [6, 6.07) is 4.40. The van der Waals surface area contributed by atoms with Crippen LogP contribution < -0.4 is 9.47 Å². The summed E-state index contributed by atoms with van der Waals surface area (Å²) in [5.74, 6) is 1.76. The number of likely N-dealkylation sites (tertiary alicyclic amines) is 1. The highest BCUT2D eigenvalue weighted by Crippen LogP contribution is 2.78. The van der Waals surface area contributed by atoms with Gasteiger partial charge in [0.05, 0.1) is 25.4 Å². The Kier molecular flexibility index (Phi) is 7.37. The minimum atomic E-state index is -0.986. The van der Waals surface area contributed by atoms with Gasteiger partial charge in [-0.3, -0.25) is 4.90 Å². The van der Waals surface area contributed by atoms with Gasteiger partial charge in [-0.05, 0) is 81.4 Å². The van der Waals surface area contributed by atoms with E-state index in [1.54, 1.807) is 14.2 Å². The second kappa shape index (κ2) is 10.6. The first-order chi connectivity index (χ1) is 20.9. The van der Waals surface area contributed by atoms with Crippen molar-refractivity contribution in [2.45, 2.75) is 101 Å². The molecule has 7 aliphatic rings. The van der Waals surface area contributed by atoms with Gasteiger partial charge in [-0.25, -0.2) is 4.79 Å². The molecule has 4 bridgehead atoms. The predicted octanol–water partition coefficient (Wildman–Crippen LogP) is 4.89. The maximum atomic E-state index is 12.9. The minimum Gasteiger partial charge on any atom is -0.482 e. The van der Waals surface area contributed by atoms with E-state index >= 15 is 0 Å². The topological polar surface area (TPSA) is 95.9 Å². The summed E-state index contributed by atoms with van der Waals surface area (Å²) in [6.45, 7) is 11.9. The Balaban J connectivity index is 1.28. The maximum Gasteiger partial charge on any atom is 0.514 e. The van der Waals surface area contributed by atoms with Gasteiger partial charge in [0.2, 0.25) is 0 Å². The lowest BCUT2D eigenvalue weighted by Gasteiger charge is -2.75. The molecule has 0 aromatic heterocycles. The summed E-state index contributed by atoms with van der Waals surface area (Å²) in [6.07, 6.45) is 6.30. The van der Waals surface area contributed by atoms with Gasteiger partial charge in [-0.15, -0.1) is 0 Å². The van der Waals surface area contributed by atoms with Crippen molar-refractivity contribution in [3.63, 3.8) is 0 Å². The Morgan fingerprint density at radius 2 is 1.84 bits per heavy atom. The molecule has 8 rings (SSSR count). The normalized spacial score (nSPS) is 36.4. The molecule has 4 saturated carbocycles. The van der Waals surface area contributed by atoms with Crippen LogP contribution in [0.25, 0.3) is 0 Å². The highest BCUT2D eigenvalue weighted by Gasteiger charge is 2.82. The highest BCUT2D eigenvalue weighted by molar-refractivity contribution is 5.70. The molecule has 5 aliphatic carbocycles. The number of carbonyl (C=O) groups excluding carboxylic acids is 1. The van der Waals surface area contributed by atoms with E-state index in [0.29, 0.717) is 30.8 Å². The number of rotatable bonds is 11. The number of ether oxygens (including phenoxy) is 6. The average Bonchev–Trinajstić information content (AvgIpc) is 3.73. The van der Waals surface area contributed by atoms with E-state index in [-0.39, 0.29) is 41.5 Å². The van der Waals surface area contributed by atoms with Gasteiger partial charge >= 0.3 is 6.16 Å². The number of methoxy groups -OCH3 is 2. The zero-order valence-corrected chi connectivity index (χ0v) is 27.4. The summed E-state index contributed by atoms with van der Waals surface area (Å²) in [5.41, 5.74) is 0.161. The van der Waals surface area contributed by atoms with E-state index in [4.69, 9.17) is 28.4 Å². The van der Waals surface area contributed by atoms with Gasteiger partial charge in [-0.2, -0.15) is 0 Å². The van der Waals surface area contributed by atoms with Gasteiger partial charge in [0.15, 0.2) is 11.5 Å². The van der Waals surface area contributed by atoms with Crippen molar-refractivity contribution in [2.24, 2.45) is 22.7 Å². The predicted molar refractivity (Wildman–Crippen MR) is 163 cm³/mol. The van der Waals surface area contributed by atoms with E-state index in [2.05, 4.69) is 31.7 Å². The van der Waals surface area contributed by atoms with Crippen LogP contribution in [0, 0.1) is 22.7 Å².